The number of carbonyl (C=O) groups is 1. The first-order chi connectivity index (χ1) is 6.49. The predicted molar refractivity (Wildman–Crippen MR) is 37.6 cm³/mol. The Morgan fingerprint density at radius 3 is 2.21 bits per heavy atom. The van der Waals surface area contributed by atoms with E-state index in [9.17, 15) is 22.4 Å². The summed E-state index contributed by atoms with van der Waals surface area (Å²) < 4.78 is 54.5. The summed E-state index contributed by atoms with van der Waals surface area (Å²) in [6.45, 7) is 0. The molecule has 2 nitrogen and oxygen atoms in total. The first-order valence-electron chi connectivity index (χ1n) is 3.40. The second-order valence-electron chi connectivity index (χ2n) is 2.33. The Bertz CT molecular complexity index is 389. The van der Waals surface area contributed by atoms with Crippen molar-refractivity contribution in [2.75, 3.05) is 7.11 Å². The predicted octanol–water partition coefficient (Wildman–Crippen LogP) is 2.03. The first kappa shape index (κ1) is 10.5. The number of hydrogen-bond acceptors (Lipinski definition) is 2. The Hall–Kier alpha value is -1.59. The second kappa shape index (κ2) is 3.65. The van der Waals surface area contributed by atoms with Crippen molar-refractivity contribution >= 4 is 5.97 Å². The number of benzene rings is 1. The standard InChI is InChI=1S/C8H4F4O2/c1-14-8(13)5-3(9)2-4(10)6(11)7(5)12/h2H,1H3. The monoisotopic (exact) mass is 208 g/mol. The van der Waals surface area contributed by atoms with E-state index in [1.54, 1.807) is 0 Å². The SMILES string of the molecule is COC(=O)c1c(F)cc(F)c(F)c1F. The fraction of sp³-hybridized carbons (Fsp3) is 0.125. The molecule has 0 fully saturated rings. The minimum absolute atomic E-state index is 0.0741. The third-order valence-corrected chi connectivity index (χ3v) is 1.50. The maximum Gasteiger partial charge on any atom is 0.343 e. The van der Waals surface area contributed by atoms with Crippen LogP contribution in [0.15, 0.2) is 6.07 Å². The minimum Gasteiger partial charge on any atom is -0.465 e. The van der Waals surface area contributed by atoms with E-state index in [2.05, 4.69) is 4.74 Å². The van der Waals surface area contributed by atoms with Crippen molar-refractivity contribution in [3.63, 3.8) is 0 Å². The van der Waals surface area contributed by atoms with E-state index < -0.39 is 34.8 Å². The van der Waals surface area contributed by atoms with E-state index in [0.29, 0.717) is 0 Å². The van der Waals surface area contributed by atoms with Crippen LogP contribution in [0.2, 0.25) is 0 Å². The minimum atomic E-state index is -1.91. The van der Waals surface area contributed by atoms with Gasteiger partial charge in [-0.2, -0.15) is 0 Å². The molecule has 0 aliphatic rings. The molecule has 1 rings (SSSR count). The summed E-state index contributed by atoms with van der Waals surface area (Å²) in [4.78, 5) is 10.7. The lowest BCUT2D eigenvalue weighted by molar-refractivity contribution is 0.0588. The Morgan fingerprint density at radius 1 is 1.14 bits per heavy atom. The van der Waals surface area contributed by atoms with Crippen LogP contribution in [0.5, 0.6) is 0 Å². The van der Waals surface area contributed by atoms with E-state index in [1.807, 2.05) is 0 Å². The summed E-state index contributed by atoms with van der Waals surface area (Å²) >= 11 is 0. The first-order valence-corrected chi connectivity index (χ1v) is 3.40. The molecule has 6 heteroatoms. The van der Waals surface area contributed by atoms with Gasteiger partial charge in [-0.3, -0.25) is 0 Å². The van der Waals surface area contributed by atoms with Gasteiger partial charge in [-0.05, 0) is 0 Å². The van der Waals surface area contributed by atoms with Crippen LogP contribution < -0.4 is 0 Å². The van der Waals surface area contributed by atoms with Crippen molar-refractivity contribution in [1.29, 1.82) is 0 Å². The van der Waals surface area contributed by atoms with Crippen molar-refractivity contribution in [2.45, 2.75) is 0 Å². The molecule has 76 valence electrons. The van der Waals surface area contributed by atoms with Crippen LogP contribution in [0.1, 0.15) is 10.4 Å². The molecule has 14 heavy (non-hydrogen) atoms. The Labute approximate surface area is 76.1 Å². The van der Waals surface area contributed by atoms with Crippen LogP contribution >= 0.6 is 0 Å². The molecule has 0 spiro atoms. The fourth-order valence-electron chi connectivity index (χ4n) is 0.855. The normalized spacial score (nSPS) is 10.1. The average molecular weight is 208 g/mol. The molecular weight excluding hydrogens is 204 g/mol. The van der Waals surface area contributed by atoms with Crippen molar-refractivity contribution in [1.82, 2.24) is 0 Å². The highest BCUT2D eigenvalue weighted by atomic mass is 19.2. The zero-order valence-electron chi connectivity index (χ0n) is 6.91. The molecule has 0 amide bonds. The third kappa shape index (κ3) is 1.55. The van der Waals surface area contributed by atoms with Crippen molar-refractivity contribution in [2.24, 2.45) is 0 Å². The molecule has 0 saturated carbocycles. The van der Waals surface area contributed by atoms with E-state index in [4.69, 9.17) is 0 Å². The molecular formula is C8H4F4O2. The maximum atomic E-state index is 12.8. The van der Waals surface area contributed by atoms with Crippen LogP contribution in [-0.2, 0) is 4.74 Å². The molecule has 0 atom stereocenters. The molecule has 0 aromatic heterocycles. The summed E-state index contributed by atoms with van der Waals surface area (Å²) in [5.74, 6) is -8.42. The van der Waals surface area contributed by atoms with E-state index >= 15 is 0 Å². The number of esters is 1. The van der Waals surface area contributed by atoms with Gasteiger partial charge in [0.25, 0.3) is 0 Å². The molecule has 0 aliphatic heterocycles. The second-order valence-corrected chi connectivity index (χ2v) is 2.33. The highest BCUT2D eigenvalue weighted by Gasteiger charge is 2.24. The smallest absolute Gasteiger partial charge is 0.343 e. The van der Waals surface area contributed by atoms with Gasteiger partial charge in [0.15, 0.2) is 17.5 Å². The quantitative estimate of drug-likeness (QED) is 0.305. The largest absolute Gasteiger partial charge is 0.465 e. The van der Waals surface area contributed by atoms with Crippen LogP contribution in [-0.4, -0.2) is 13.1 Å². The molecule has 1 aromatic carbocycles. The molecule has 0 bridgehead atoms. The highest BCUT2D eigenvalue weighted by molar-refractivity contribution is 5.89. The topological polar surface area (TPSA) is 26.3 Å². The lowest BCUT2D eigenvalue weighted by Crippen LogP contribution is -2.10. The summed E-state index contributed by atoms with van der Waals surface area (Å²) in [5, 5.41) is 0. The van der Waals surface area contributed by atoms with Crippen LogP contribution in [0.3, 0.4) is 0 Å². The number of carbonyl (C=O) groups excluding carboxylic acids is 1. The van der Waals surface area contributed by atoms with Gasteiger partial charge in [-0.1, -0.05) is 0 Å². The lowest BCUT2D eigenvalue weighted by atomic mass is 10.2. The molecule has 0 saturated heterocycles. The third-order valence-electron chi connectivity index (χ3n) is 1.50. The maximum absolute atomic E-state index is 12.8. The Balaban J connectivity index is 3.44. The molecule has 0 aliphatic carbocycles. The van der Waals surface area contributed by atoms with Gasteiger partial charge in [0, 0.05) is 6.07 Å². The van der Waals surface area contributed by atoms with Crippen LogP contribution in [0.25, 0.3) is 0 Å². The number of ether oxygens (including phenoxy) is 1. The molecule has 0 N–H and O–H groups in total. The lowest BCUT2D eigenvalue weighted by Gasteiger charge is -2.03. The molecule has 0 unspecified atom stereocenters. The van der Waals surface area contributed by atoms with Crippen LogP contribution in [0, 0.1) is 23.3 Å². The van der Waals surface area contributed by atoms with Crippen molar-refractivity contribution in [3.05, 3.63) is 34.9 Å². The molecule has 0 radical (unpaired) electrons. The number of hydrogen-bond donors (Lipinski definition) is 0. The van der Waals surface area contributed by atoms with Gasteiger partial charge in [0.1, 0.15) is 11.4 Å². The van der Waals surface area contributed by atoms with E-state index in [-0.39, 0.29) is 6.07 Å². The summed E-state index contributed by atoms with van der Waals surface area (Å²) in [7, 11) is 0.864. The highest BCUT2D eigenvalue weighted by Crippen LogP contribution is 2.19. The van der Waals surface area contributed by atoms with Crippen LogP contribution in [0.4, 0.5) is 17.6 Å². The van der Waals surface area contributed by atoms with Crippen molar-refractivity contribution < 1.29 is 27.1 Å². The summed E-state index contributed by atoms with van der Waals surface area (Å²) in [6.07, 6.45) is 0. The molecule has 0 heterocycles. The van der Waals surface area contributed by atoms with Gasteiger partial charge >= 0.3 is 5.97 Å². The zero-order valence-corrected chi connectivity index (χ0v) is 6.91. The number of rotatable bonds is 1. The van der Waals surface area contributed by atoms with E-state index in [1.165, 1.54) is 0 Å². The van der Waals surface area contributed by atoms with Gasteiger partial charge in [-0.25, -0.2) is 22.4 Å². The van der Waals surface area contributed by atoms with Crippen molar-refractivity contribution in [3.8, 4) is 0 Å². The zero-order chi connectivity index (χ0) is 10.9. The van der Waals surface area contributed by atoms with Gasteiger partial charge in [-0.15, -0.1) is 0 Å². The molecule has 1 aromatic rings. The summed E-state index contributed by atoms with van der Waals surface area (Å²) in [5.41, 5.74) is -1.24. The Morgan fingerprint density at radius 2 is 1.71 bits per heavy atom. The van der Waals surface area contributed by atoms with Gasteiger partial charge in [0.05, 0.1) is 7.11 Å². The fourth-order valence-corrected chi connectivity index (χ4v) is 0.855. The number of methoxy groups -OCH3 is 1. The van der Waals surface area contributed by atoms with Gasteiger partial charge < -0.3 is 4.74 Å². The summed E-state index contributed by atoms with van der Waals surface area (Å²) in [6, 6.07) is 0.0741. The van der Waals surface area contributed by atoms with Gasteiger partial charge in [0.2, 0.25) is 0 Å². The van der Waals surface area contributed by atoms with E-state index in [0.717, 1.165) is 7.11 Å². The Kier molecular flexibility index (Phi) is 2.73. The number of halogens is 4. The average Bonchev–Trinajstić information content (AvgIpc) is 2.14.